The van der Waals surface area contributed by atoms with E-state index in [-0.39, 0.29) is 6.29 Å². The van der Waals surface area contributed by atoms with Gasteiger partial charge in [0.25, 0.3) is 0 Å². The van der Waals surface area contributed by atoms with Crippen molar-refractivity contribution in [1.82, 2.24) is 0 Å². The smallest absolute Gasteiger partial charge is 0.158 e. The van der Waals surface area contributed by atoms with Gasteiger partial charge in [-0.2, -0.15) is 0 Å². The Hall–Kier alpha value is -1.19. The molecule has 1 fully saturated rings. The quantitative estimate of drug-likeness (QED) is 0.675. The number of ketones is 1. The Labute approximate surface area is 114 Å². The minimum absolute atomic E-state index is 0.145. The van der Waals surface area contributed by atoms with E-state index in [2.05, 4.69) is 24.3 Å². The van der Waals surface area contributed by atoms with Gasteiger partial charge in [0.15, 0.2) is 6.29 Å². The first kappa shape index (κ1) is 14.2. The minimum Gasteiger partial charge on any atom is -0.350 e. The van der Waals surface area contributed by atoms with Gasteiger partial charge in [0.1, 0.15) is 5.78 Å². The van der Waals surface area contributed by atoms with Crippen LogP contribution in [0.2, 0.25) is 0 Å². The molecule has 1 aliphatic heterocycles. The zero-order valence-electron chi connectivity index (χ0n) is 11.3. The summed E-state index contributed by atoms with van der Waals surface area (Å²) < 4.78 is 10.6. The van der Waals surface area contributed by atoms with Crippen molar-refractivity contribution in [3.05, 3.63) is 35.9 Å². The number of Topliss-reactive ketones (excluding diaryl/α,β-unsaturated/α-hetero) is 1. The molecule has 1 aliphatic rings. The van der Waals surface area contributed by atoms with Crippen LogP contribution in [0.5, 0.6) is 0 Å². The fraction of sp³-hybridized carbons (Fsp3) is 0.562. The zero-order chi connectivity index (χ0) is 13.3. The maximum Gasteiger partial charge on any atom is 0.158 e. The van der Waals surface area contributed by atoms with Crippen LogP contribution in [-0.2, 0) is 20.7 Å². The average Bonchev–Trinajstić information content (AvgIpc) is 2.96. The summed E-state index contributed by atoms with van der Waals surface area (Å²) in [6.45, 7) is 1.33. The summed E-state index contributed by atoms with van der Waals surface area (Å²) in [5.74, 6) is 0.326. The highest BCUT2D eigenvalue weighted by molar-refractivity contribution is 5.78. The van der Waals surface area contributed by atoms with E-state index in [9.17, 15) is 4.79 Å². The van der Waals surface area contributed by atoms with Crippen LogP contribution in [0.3, 0.4) is 0 Å². The summed E-state index contributed by atoms with van der Waals surface area (Å²) in [5, 5.41) is 0. The van der Waals surface area contributed by atoms with E-state index in [4.69, 9.17) is 9.47 Å². The largest absolute Gasteiger partial charge is 0.350 e. The van der Waals surface area contributed by atoms with Crippen molar-refractivity contribution < 1.29 is 14.3 Å². The van der Waals surface area contributed by atoms with Gasteiger partial charge in [0.05, 0.1) is 13.2 Å². The first-order valence-corrected chi connectivity index (χ1v) is 7.13. The number of carbonyl (C=O) groups excluding carboxylic acids is 1. The fourth-order valence-corrected chi connectivity index (χ4v) is 2.27. The normalized spacial score (nSPS) is 15.8. The molecule has 3 heteroatoms. The molecule has 0 radical (unpaired) electrons. The third-order valence-electron chi connectivity index (χ3n) is 3.36. The first-order valence-electron chi connectivity index (χ1n) is 7.13. The highest BCUT2D eigenvalue weighted by Crippen LogP contribution is 2.12. The number of ether oxygens (including phenoxy) is 2. The SMILES string of the molecule is O=C(CCCCc1ccccc1)CCC1OCCO1. The standard InChI is InChI=1S/C16H22O3/c17-15(10-11-16-18-12-13-19-16)9-5-4-8-14-6-2-1-3-7-14/h1-3,6-7,16H,4-5,8-13H2. The van der Waals surface area contributed by atoms with E-state index < -0.39 is 0 Å². The van der Waals surface area contributed by atoms with Crippen molar-refractivity contribution in [3.8, 4) is 0 Å². The summed E-state index contributed by atoms with van der Waals surface area (Å²) in [6, 6.07) is 10.4. The molecule has 1 heterocycles. The Morgan fingerprint density at radius 1 is 1.05 bits per heavy atom. The van der Waals surface area contributed by atoms with E-state index in [0.29, 0.717) is 38.3 Å². The second-order valence-electron chi connectivity index (χ2n) is 4.94. The summed E-state index contributed by atoms with van der Waals surface area (Å²) in [5.41, 5.74) is 1.35. The molecule has 0 amide bonds. The molecule has 104 valence electrons. The van der Waals surface area contributed by atoms with Crippen LogP contribution >= 0.6 is 0 Å². The number of carbonyl (C=O) groups is 1. The molecule has 19 heavy (non-hydrogen) atoms. The van der Waals surface area contributed by atoms with E-state index >= 15 is 0 Å². The average molecular weight is 262 g/mol. The molecule has 0 unspecified atom stereocenters. The van der Waals surface area contributed by atoms with Gasteiger partial charge < -0.3 is 9.47 Å². The number of aryl methyl sites for hydroxylation is 1. The van der Waals surface area contributed by atoms with Crippen LogP contribution in [0.4, 0.5) is 0 Å². The zero-order valence-corrected chi connectivity index (χ0v) is 11.3. The van der Waals surface area contributed by atoms with Crippen LogP contribution in [0.15, 0.2) is 30.3 Å². The lowest BCUT2D eigenvalue weighted by atomic mass is 10.0. The Bertz CT molecular complexity index is 369. The van der Waals surface area contributed by atoms with Crippen molar-refractivity contribution in [1.29, 1.82) is 0 Å². The molecule has 3 nitrogen and oxygen atoms in total. The molecule has 0 bridgehead atoms. The molecule has 0 saturated carbocycles. The van der Waals surface area contributed by atoms with Gasteiger partial charge in [-0.25, -0.2) is 0 Å². The molecule has 0 atom stereocenters. The van der Waals surface area contributed by atoms with Crippen LogP contribution in [0, 0.1) is 0 Å². The van der Waals surface area contributed by atoms with Gasteiger partial charge >= 0.3 is 0 Å². The van der Waals surface area contributed by atoms with Gasteiger partial charge in [-0.15, -0.1) is 0 Å². The number of hydrogen-bond donors (Lipinski definition) is 0. The molecule has 1 aromatic rings. The van der Waals surface area contributed by atoms with Gasteiger partial charge in [-0.05, 0) is 24.8 Å². The van der Waals surface area contributed by atoms with E-state index in [1.165, 1.54) is 5.56 Å². The van der Waals surface area contributed by atoms with Crippen LogP contribution in [0.1, 0.15) is 37.7 Å². The first-order chi connectivity index (χ1) is 9.34. The van der Waals surface area contributed by atoms with Crippen molar-refractivity contribution in [3.63, 3.8) is 0 Å². The Morgan fingerprint density at radius 2 is 1.79 bits per heavy atom. The van der Waals surface area contributed by atoms with E-state index in [1.807, 2.05) is 6.07 Å². The lowest BCUT2D eigenvalue weighted by molar-refractivity contribution is -0.121. The lowest BCUT2D eigenvalue weighted by Gasteiger charge is -2.07. The second-order valence-corrected chi connectivity index (χ2v) is 4.94. The maximum absolute atomic E-state index is 11.7. The summed E-state index contributed by atoms with van der Waals surface area (Å²) >= 11 is 0. The number of benzene rings is 1. The maximum atomic E-state index is 11.7. The Morgan fingerprint density at radius 3 is 2.53 bits per heavy atom. The monoisotopic (exact) mass is 262 g/mol. The molecule has 1 aromatic carbocycles. The molecule has 0 spiro atoms. The second kappa shape index (κ2) is 8.08. The summed E-state index contributed by atoms with van der Waals surface area (Å²) in [7, 11) is 0. The van der Waals surface area contributed by atoms with Crippen molar-refractivity contribution in [2.75, 3.05) is 13.2 Å². The third kappa shape index (κ3) is 5.53. The third-order valence-corrected chi connectivity index (χ3v) is 3.36. The summed E-state index contributed by atoms with van der Waals surface area (Å²) in [6.07, 6.45) is 4.93. The molecule has 0 aromatic heterocycles. The van der Waals surface area contributed by atoms with Gasteiger partial charge in [-0.1, -0.05) is 30.3 Å². The van der Waals surface area contributed by atoms with Crippen LogP contribution < -0.4 is 0 Å². The predicted octanol–water partition coefficient (Wildman–Crippen LogP) is 3.12. The molecular formula is C16H22O3. The number of rotatable bonds is 8. The topological polar surface area (TPSA) is 35.5 Å². The van der Waals surface area contributed by atoms with Crippen LogP contribution in [-0.4, -0.2) is 25.3 Å². The lowest BCUT2D eigenvalue weighted by Crippen LogP contribution is -2.10. The molecule has 1 saturated heterocycles. The molecule has 0 aliphatic carbocycles. The highest BCUT2D eigenvalue weighted by Gasteiger charge is 2.16. The fourth-order valence-electron chi connectivity index (χ4n) is 2.27. The van der Waals surface area contributed by atoms with E-state index in [0.717, 1.165) is 19.3 Å². The van der Waals surface area contributed by atoms with Crippen molar-refractivity contribution in [2.45, 2.75) is 44.8 Å². The summed E-state index contributed by atoms with van der Waals surface area (Å²) in [4.78, 5) is 11.7. The minimum atomic E-state index is -0.145. The predicted molar refractivity (Wildman–Crippen MR) is 73.9 cm³/mol. The number of unbranched alkanes of at least 4 members (excludes halogenated alkanes) is 1. The van der Waals surface area contributed by atoms with E-state index in [1.54, 1.807) is 0 Å². The molecule has 0 N–H and O–H groups in total. The van der Waals surface area contributed by atoms with Crippen molar-refractivity contribution in [2.24, 2.45) is 0 Å². The Kier molecular flexibility index (Phi) is 6.05. The van der Waals surface area contributed by atoms with Gasteiger partial charge in [0.2, 0.25) is 0 Å². The number of hydrogen-bond acceptors (Lipinski definition) is 3. The Balaban J connectivity index is 1.51. The van der Waals surface area contributed by atoms with Gasteiger partial charge in [-0.3, -0.25) is 4.79 Å². The van der Waals surface area contributed by atoms with Crippen LogP contribution in [0.25, 0.3) is 0 Å². The molecular weight excluding hydrogens is 240 g/mol. The van der Waals surface area contributed by atoms with Crippen molar-refractivity contribution >= 4 is 5.78 Å². The van der Waals surface area contributed by atoms with Gasteiger partial charge in [0, 0.05) is 19.3 Å². The highest BCUT2D eigenvalue weighted by atomic mass is 16.7. The molecule has 2 rings (SSSR count).